The van der Waals surface area contributed by atoms with Crippen LogP contribution in [-0.4, -0.2) is 47.1 Å². The number of ketones is 1. The van der Waals surface area contributed by atoms with Crippen LogP contribution in [0.3, 0.4) is 0 Å². The fourth-order valence-electron chi connectivity index (χ4n) is 3.18. The van der Waals surface area contributed by atoms with Crippen molar-refractivity contribution in [2.75, 3.05) is 37.2 Å². The third-order valence-corrected chi connectivity index (χ3v) is 4.66. The van der Waals surface area contributed by atoms with E-state index < -0.39 is 0 Å². The van der Waals surface area contributed by atoms with Crippen LogP contribution in [0.1, 0.15) is 36.0 Å². The van der Waals surface area contributed by atoms with Crippen molar-refractivity contribution >= 4 is 17.8 Å². The monoisotopic (exact) mass is 343 g/mol. The molecule has 134 valence electrons. The van der Waals surface area contributed by atoms with E-state index in [2.05, 4.69) is 20.4 Å². The van der Waals surface area contributed by atoms with Crippen molar-refractivity contribution in [3.63, 3.8) is 0 Å². The Labute approximate surface area is 147 Å². The largest absolute Gasteiger partial charge is 0.390 e. The summed E-state index contributed by atoms with van der Waals surface area (Å²) in [6.45, 7) is 3.94. The molecule has 0 unspecified atom stereocenters. The van der Waals surface area contributed by atoms with Crippen LogP contribution in [0.2, 0.25) is 0 Å². The second kappa shape index (κ2) is 8.62. The zero-order valence-electron chi connectivity index (χ0n) is 14.4. The van der Waals surface area contributed by atoms with Gasteiger partial charge in [-0.15, -0.1) is 0 Å². The minimum atomic E-state index is 0.0855. The zero-order chi connectivity index (χ0) is 17.5. The first-order chi connectivity index (χ1) is 12.2. The van der Waals surface area contributed by atoms with Gasteiger partial charge < -0.3 is 20.4 Å². The summed E-state index contributed by atoms with van der Waals surface area (Å²) < 4.78 is 5.11. The summed E-state index contributed by atoms with van der Waals surface area (Å²) in [6, 6.07) is 10.0. The summed E-state index contributed by atoms with van der Waals surface area (Å²) in [5, 5.41) is 10.6. The van der Waals surface area contributed by atoms with Crippen LogP contribution in [-0.2, 0) is 0 Å². The lowest BCUT2D eigenvalue weighted by molar-refractivity contribution is 0.0970. The predicted octanol–water partition coefficient (Wildman–Crippen LogP) is 2.44. The molecular weight excluding hydrogens is 318 g/mol. The van der Waals surface area contributed by atoms with Gasteiger partial charge in [-0.05, 0) is 44.8 Å². The van der Waals surface area contributed by atoms with Crippen molar-refractivity contribution in [2.45, 2.75) is 25.7 Å². The van der Waals surface area contributed by atoms with Crippen LogP contribution in [0.4, 0.5) is 12.0 Å². The van der Waals surface area contributed by atoms with Crippen molar-refractivity contribution < 1.29 is 9.21 Å². The fraction of sp³-hybridized carbons (Fsp3) is 0.500. The number of benzene rings is 1. The van der Waals surface area contributed by atoms with Gasteiger partial charge in [-0.1, -0.05) is 40.5 Å². The smallest absolute Gasteiger partial charge is 0.316 e. The minimum absolute atomic E-state index is 0.0855. The Hall–Kier alpha value is -2.41. The molecule has 7 heteroatoms. The van der Waals surface area contributed by atoms with Gasteiger partial charge in [0.1, 0.15) is 0 Å². The van der Waals surface area contributed by atoms with Gasteiger partial charge in [0.15, 0.2) is 5.78 Å². The van der Waals surface area contributed by atoms with Crippen LogP contribution in [0.5, 0.6) is 0 Å². The molecule has 0 saturated carbocycles. The van der Waals surface area contributed by atoms with E-state index in [1.54, 1.807) is 0 Å². The molecule has 3 N–H and O–H groups in total. The number of carbonyl (C=O) groups is 1. The molecule has 3 rings (SSSR count). The van der Waals surface area contributed by atoms with Crippen molar-refractivity contribution in [2.24, 2.45) is 5.92 Å². The highest BCUT2D eigenvalue weighted by atomic mass is 16.4. The molecule has 1 aliphatic rings. The Morgan fingerprint density at radius 3 is 2.68 bits per heavy atom. The lowest BCUT2D eigenvalue weighted by Gasteiger charge is -2.31. The normalized spacial score (nSPS) is 16.0. The Morgan fingerprint density at radius 2 is 2.00 bits per heavy atom. The summed E-state index contributed by atoms with van der Waals surface area (Å²) in [4.78, 5) is 14.5. The van der Waals surface area contributed by atoms with E-state index in [0.29, 0.717) is 18.4 Å². The van der Waals surface area contributed by atoms with Gasteiger partial charge in [0.2, 0.25) is 0 Å². The number of piperidine rings is 1. The molecule has 0 radical (unpaired) electrons. The number of nitrogens with two attached hydrogens (primary N) is 1. The first-order valence-corrected chi connectivity index (χ1v) is 8.84. The summed E-state index contributed by atoms with van der Waals surface area (Å²) in [5.74, 6) is 0.828. The van der Waals surface area contributed by atoms with Crippen molar-refractivity contribution in [3.8, 4) is 0 Å². The van der Waals surface area contributed by atoms with E-state index >= 15 is 0 Å². The number of aromatic nitrogens is 2. The van der Waals surface area contributed by atoms with E-state index in [1.807, 2.05) is 30.3 Å². The number of nitrogens with zero attached hydrogens (tertiary/aromatic N) is 3. The van der Waals surface area contributed by atoms with Crippen LogP contribution in [0.15, 0.2) is 34.7 Å². The lowest BCUT2D eigenvalue weighted by Crippen LogP contribution is -2.36. The third-order valence-electron chi connectivity index (χ3n) is 4.66. The fourth-order valence-corrected chi connectivity index (χ4v) is 3.18. The Morgan fingerprint density at radius 1 is 1.24 bits per heavy atom. The lowest BCUT2D eigenvalue weighted by atomic mass is 9.96. The van der Waals surface area contributed by atoms with Gasteiger partial charge in [0, 0.05) is 18.5 Å². The number of Topliss-reactive ketones (excluding diaryl/α,β-unsaturated/α-hetero) is 1. The van der Waals surface area contributed by atoms with E-state index in [0.717, 1.165) is 51.0 Å². The molecule has 0 aliphatic carbocycles. The maximum Gasteiger partial charge on any atom is 0.316 e. The molecule has 2 aromatic rings. The Bertz CT molecular complexity index is 665. The highest BCUT2D eigenvalue weighted by molar-refractivity contribution is 5.95. The minimum Gasteiger partial charge on any atom is -0.390 e. The number of nitrogens with one attached hydrogen (secondary N) is 1. The molecule has 2 heterocycles. The van der Waals surface area contributed by atoms with Crippen LogP contribution in [0.25, 0.3) is 0 Å². The Kier molecular flexibility index (Phi) is 6.00. The molecule has 0 spiro atoms. The number of carbonyl (C=O) groups excluding carboxylic acids is 1. The van der Waals surface area contributed by atoms with Gasteiger partial charge >= 0.3 is 12.0 Å². The number of likely N-dealkylation sites (tertiary alicyclic amines) is 1. The highest BCUT2D eigenvalue weighted by Crippen LogP contribution is 2.19. The highest BCUT2D eigenvalue weighted by Gasteiger charge is 2.19. The van der Waals surface area contributed by atoms with Crippen molar-refractivity contribution in [3.05, 3.63) is 35.9 Å². The number of nitrogen functional groups attached to an aromatic ring is 1. The molecule has 1 aromatic heterocycles. The number of hydrogen-bond donors (Lipinski definition) is 2. The van der Waals surface area contributed by atoms with Gasteiger partial charge in [-0.3, -0.25) is 4.79 Å². The number of anilines is 2. The van der Waals surface area contributed by atoms with E-state index in [1.165, 1.54) is 0 Å². The maximum atomic E-state index is 12.1. The van der Waals surface area contributed by atoms with Gasteiger partial charge in [0.25, 0.3) is 0 Å². The van der Waals surface area contributed by atoms with Crippen molar-refractivity contribution in [1.29, 1.82) is 0 Å². The summed E-state index contributed by atoms with van der Waals surface area (Å²) in [6.07, 6.45) is 3.79. The molecule has 0 atom stereocenters. The molecular formula is C18H25N5O2. The van der Waals surface area contributed by atoms with Gasteiger partial charge in [0.05, 0.1) is 0 Å². The second-order valence-electron chi connectivity index (χ2n) is 6.50. The predicted molar refractivity (Wildman–Crippen MR) is 96.4 cm³/mol. The topological polar surface area (TPSA) is 97.3 Å². The van der Waals surface area contributed by atoms with Crippen LogP contribution < -0.4 is 11.1 Å². The maximum absolute atomic E-state index is 12.1. The number of rotatable bonds is 8. The van der Waals surface area contributed by atoms with E-state index in [9.17, 15) is 4.79 Å². The summed E-state index contributed by atoms with van der Waals surface area (Å²) >= 11 is 0. The summed E-state index contributed by atoms with van der Waals surface area (Å²) in [5.41, 5.74) is 6.21. The average molecular weight is 343 g/mol. The van der Waals surface area contributed by atoms with Crippen molar-refractivity contribution in [1.82, 2.24) is 15.1 Å². The average Bonchev–Trinajstić information content (AvgIpc) is 3.07. The third kappa shape index (κ3) is 5.29. The van der Waals surface area contributed by atoms with E-state index in [-0.39, 0.29) is 11.8 Å². The SMILES string of the molecule is Nc1nnc(NCC2CCN(CCCC(=O)c3ccccc3)CC2)o1. The molecule has 1 aromatic carbocycles. The van der Waals surface area contributed by atoms with Gasteiger partial charge in [-0.2, -0.15) is 0 Å². The molecule has 0 amide bonds. The second-order valence-corrected chi connectivity index (χ2v) is 6.50. The quantitative estimate of drug-likeness (QED) is 0.710. The Balaban J connectivity index is 1.30. The van der Waals surface area contributed by atoms with Crippen LogP contribution in [0, 0.1) is 5.92 Å². The molecule has 0 bridgehead atoms. The zero-order valence-corrected chi connectivity index (χ0v) is 14.4. The first-order valence-electron chi connectivity index (χ1n) is 8.84. The molecule has 7 nitrogen and oxygen atoms in total. The van der Waals surface area contributed by atoms with Gasteiger partial charge in [-0.25, -0.2) is 0 Å². The van der Waals surface area contributed by atoms with E-state index in [4.69, 9.17) is 10.2 Å². The van der Waals surface area contributed by atoms with Crippen LogP contribution >= 0.6 is 0 Å². The number of hydrogen-bond acceptors (Lipinski definition) is 7. The molecule has 1 aliphatic heterocycles. The molecule has 25 heavy (non-hydrogen) atoms. The first kappa shape index (κ1) is 17.4. The standard InChI is InChI=1S/C18H25N5O2/c19-17-21-22-18(25-17)20-13-14-8-11-23(12-9-14)10-4-7-16(24)15-5-2-1-3-6-15/h1-3,5-6,14H,4,7-13H2,(H2,19,21)(H,20,22). The molecule has 1 saturated heterocycles. The summed E-state index contributed by atoms with van der Waals surface area (Å²) in [7, 11) is 0. The molecule has 1 fully saturated rings.